The Morgan fingerprint density at radius 2 is 1.88 bits per heavy atom. The monoisotopic (exact) mass is 492 g/mol. The number of fused-ring (bicyclic) bond motifs is 1. The van der Waals surface area contributed by atoms with E-state index in [1.54, 1.807) is 4.90 Å². The number of aliphatic hydroxyl groups is 1. The Morgan fingerprint density at radius 3 is 2.58 bits per heavy atom. The molecule has 0 aliphatic carbocycles. The van der Waals surface area contributed by atoms with Crippen molar-refractivity contribution in [1.29, 1.82) is 0 Å². The first-order valence-electron chi connectivity index (χ1n) is 10.8. The SMILES string of the molecule is NC(=O)O[C@H]1C[C@@H](O)CN1c1nc(N2CCN(c3ccc(Cl)cc3)CC2)nc2c1[S+]([O-])CC2. The third-order valence-electron chi connectivity index (χ3n) is 6.17. The molecule has 0 radical (unpaired) electrons. The number of carbonyl (C=O) groups excluding carboxylic acids is 1. The minimum atomic E-state index is -1.25. The van der Waals surface area contributed by atoms with Crippen molar-refractivity contribution < 1.29 is 19.2 Å². The standard InChI is InChI=1S/C21H25ClN6O4S/c22-13-1-3-14(4-2-13)26-6-8-27(9-7-26)21-24-16-5-10-33(31)18(16)19(25-21)28-12-15(29)11-17(28)32-20(23)30/h1-4,15,17,29H,5-12H2,(H2,23,30)/t15-,17+,33?/m1/s1. The van der Waals surface area contributed by atoms with Crippen LogP contribution in [0.3, 0.4) is 0 Å². The molecule has 1 aromatic carbocycles. The van der Waals surface area contributed by atoms with Crippen LogP contribution in [0.1, 0.15) is 12.1 Å². The molecule has 0 spiro atoms. The summed E-state index contributed by atoms with van der Waals surface area (Å²) in [6.07, 6.45) is -1.59. The topological polar surface area (TPSA) is 131 Å². The molecular formula is C21H25ClN6O4S. The minimum Gasteiger partial charge on any atom is -0.611 e. The summed E-state index contributed by atoms with van der Waals surface area (Å²) >= 11 is 4.76. The van der Waals surface area contributed by atoms with Gasteiger partial charge in [0.15, 0.2) is 12.0 Å². The largest absolute Gasteiger partial charge is 0.611 e. The van der Waals surface area contributed by atoms with E-state index in [4.69, 9.17) is 32.0 Å². The number of rotatable bonds is 4. The lowest BCUT2D eigenvalue weighted by Gasteiger charge is -2.36. The van der Waals surface area contributed by atoms with Gasteiger partial charge in [-0.15, -0.1) is 0 Å². The Kier molecular flexibility index (Phi) is 6.12. The van der Waals surface area contributed by atoms with Crippen molar-refractivity contribution in [2.75, 3.05) is 53.2 Å². The van der Waals surface area contributed by atoms with Crippen LogP contribution < -0.4 is 20.4 Å². The molecule has 10 nitrogen and oxygen atoms in total. The van der Waals surface area contributed by atoms with Crippen molar-refractivity contribution in [1.82, 2.24) is 9.97 Å². The maximum Gasteiger partial charge on any atom is 0.406 e. The number of anilines is 3. The number of primary amides is 1. The minimum absolute atomic E-state index is 0.211. The second kappa shape index (κ2) is 9.05. The fraction of sp³-hybridized carbons (Fsp3) is 0.476. The molecule has 0 saturated carbocycles. The first-order chi connectivity index (χ1) is 15.9. The van der Waals surface area contributed by atoms with Crippen LogP contribution in [0.25, 0.3) is 0 Å². The van der Waals surface area contributed by atoms with Gasteiger partial charge in [0, 0.05) is 56.3 Å². The fourth-order valence-corrected chi connectivity index (χ4v) is 6.05. The van der Waals surface area contributed by atoms with Gasteiger partial charge >= 0.3 is 6.09 Å². The van der Waals surface area contributed by atoms with Crippen molar-refractivity contribution in [3.63, 3.8) is 0 Å². The van der Waals surface area contributed by atoms with E-state index >= 15 is 0 Å². The number of halogens is 1. The second-order valence-electron chi connectivity index (χ2n) is 8.31. The normalized spacial score (nSPS) is 24.8. The highest BCUT2D eigenvalue weighted by molar-refractivity contribution is 7.91. The molecule has 2 aromatic rings. The zero-order valence-electron chi connectivity index (χ0n) is 17.9. The molecule has 3 aliphatic heterocycles. The quantitative estimate of drug-likeness (QED) is 0.602. The zero-order chi connectivity index (χ0) is 23.1. The zero-order valence-corrected chi connectivity index (χ0v) is 19.5. The van der Waals surface area contributed by atoms with E-state index in [0.717, 1.165) is 24.5 Å². The average molecular weight is 493 g/mol. The van der Waals surface area contributed by atoms with Gasteiger partial charge in [0.25, 0.3) is 0 Å². The van der Waals surface area contributed by atoms with Crippen LogP contribution in [0.15, 0.2) is 29.2 Å². The van der Waals surface area contributed by atoms with Gasteiger partial charge in [0.1, 0.15) is 11.4 Å². The van der Waals surface area contributed by atoms with Crippen LogP contribution in [-0.2, 0) is 22.3 Å². The van der Waals surface area contributed by atoms with Crippen LogP contribution in [0, 0.1) is 0 Å². The summed E-state index contributed by atoms with van der Waals surface area (Å²) in [6.45, 7) is 3.22. The van der Waals surface area contributed by atoms with Gasteiger partial charge in [0.2, 0.25) is 10.8 Å². The van der Waals surface area contributed by atoms with E-state index in [2.05, 4.69) is 9.80 Å². The number of hydrogen-bond acceptors (Lipinski definition) is 9. The number of amides is 1. The molecule has 3 atom stereocenters. The van der Waals surface area contributed by atoms with E-state index in [0.29, 0.717) is 46.9 Å². The number of ether oxygens (including phenoxy) is 1. The number of aromatic nitrogens is 2. The molecule has 4 heterocycles. The number of aryl methyl sites for hydroxylation is 1. The highest BCUT2D eigenvalue weighted by Crippen LogP contribution is 2.38. The van der Waals surface area contributed by atoms with E-state index in [1.165, 1.54) is 0 Å². The number of nitrogens with two attached hydrogens (primary N) is 1. The van der Waals surface area contributed by atoms with Crippen LogP contribution in [-0.4, -0.2) is 76.5 Å². The molecule has 2 saturated heterocycles. The molecule has 1 unspecified atom stereocenters. The van der Waals surface area contributed by atoms with Crippen molar-refractivity contribution in [3.05, 3.63) is 35.0 Å². The summed E-state index contributed by atoms with van der Waals surface area (Å²) in [5.41, 5.74) is 7.09. The number of β-amino-alcohol motifs (C(OH)–C–C–N with tert-alkyl or cyclic N) is 1. The molecule has 1 amide bonds. The number of hydrogen-bond donors (Lipinski definition) is 2. The maximum atomic E-state index is 12.7. The predicted octanol–water partition coefficient (Wildman–Crippen LogP) is 1.11. The Hall–Kier alpha value is -2.47. The summed E-state index contributed by atoms with van der Waals surface area (Å²) in [7, 11) is 0. The average Bonchev–Trinajstić information content (AvgIpc) is 3.35. The Labute approximate surface area is 199 Å². The molecule has 2 fully saturated rings. The molecule has 3 aliphatic rings. The van der Waals surface area contributed by atoms with E-state index in [-0.39, 0.29) is 13.0 Å². The molecule has 0 bridgehead atoms. The first-order valence-corrected chi connectivity index (χ1v) is 12.5. The lowest BCUT2D eigenvalue weighted by Crippen LogP contribution is -2.47. The molecule has 3 N–H and O–H groups in total. The number of piperazine rings is 1. The summed E-state index contributed by atoms with van der Waals surface area (Å²) < 4.78 is 18.0. The van der Waals surface area contributed by atoms with E-state index in [9.17, 15) is 14.5 Å². The molecule has 176 valence electrons. The van der Waals surface area contributed by atoms with Gasteiger partial charge in [-0.1, -0.05) is 11.6 Å². The van der Waals surface area contributed by atoms with Crippen molar-refractivity contribution in [2.24, 2.45) is 5.73 Å². The Bertz CT molecular complexity index is 1040. The van der Waals surface area contributed by atoms with Gasteiger partial charge in [-0.05, 0) is 35.4 Å². The fourth-order valence-electron chi connectivity index (χ4n) is 4.57. The summed E-state index contributed by atoms with van der Waals surface area (Å²) in [6, 6.07) is 7.78. The third-order valence-corrected chi connectivity index (χ3v) is 7.87. The van der Waals surface area contributed by atoms with Gasteiger partial charge in [-0.2, -0.15) is 4.98 Å². The molecule has 5 rings (SSSR count). The van der Waals surface area contributed by atoms with Crippen LogP contribution in [0.2, 0.25) is 5.02 Å². The summed E-state index contributed by atoms with van der Waals surface area (Å²) in [5.74, 6) is 1.48. The summed E-state index contributed by atoms with van der Waals surface area (Å²) in [4.78, 5) is 27.5. The number of nitrogens with zero attached hydrogens (tertiary/aromatic N) is 5. The Balaban J connectivity index is 1.40. The van der Waals surface area contributed by atoms with Gasteiger partial charge in [-0.3, -0.25) is 0 Å². The second-order valence-corrected chi connectivity index (χ2v) is 10.3. The van der Waals surface area contributed by atoms with E-state index in [1.807, 2.05) is 24.3 Å². The lowest BCUT2D eigenvalue weighted by molar-refractivity contribution is 0.0970. The van der Waals surface area contributed by atoms with Crippen molar-refractivity contribution in [2.45, 2.75) is 30.1 Å². The molecular weight excluding hydrogens is 468 g/mol. The van der Waals surface area contributed by atoms with Crippen molar-refractivity contribution in [3.8, 4) is 0 Å². The van der Waals surface area contributed by atoms with E-state index < -0.39 is 29.6 Å². The van der Waals surface area contributed by atoms with Gasteiger partial charge in [0.05, 0.1) is 6.10 Å². The third kappa shape index (κ3) is 4.50. The molecule has 1 aromatic heterocycles. The van der Waals surface area contributed by atoms with Crippen LogP contribution in [0.4, 0.5) is 22.2 Å². The van der Waals surface area contributed by atoms with Gasteiger partial charge in [-0.25, -0.2) is 9.78 Å². The van der Waals surface area contributed by atoms with Gasteiger partial charge < -0.3 is 34.8 Å². The highest BCUT2D eigenvalue weighted by Gasteiger charge is 2.41. The van der Waals surface area contributed by atoms with Crippen LogP contribution >= 0.6 is 11.6 Å². The highest BCUT2D eigenvalue weighted by atomic mass is 35.5. The Morgan fingerprint density at radius 1 is 1.18 bits per heavy atom. The first kappa shape index (κ1) is 22.3. The smallest absolute Gasteiger partial charge is 0.406 e. The van der Waals surface area contributed by atoms with Crippen molar-refractivity contribution >= 4 is 46.3 Å². The predicted molar refractivity (Wildman–Crippen MR) is 125 cm³/mol. The lowest BCUT2D eigenvalue weighted by atomic mass is 10.2. The molecule has 33 heavy (non-hydrogen) atoms. The number of aliphatic hydroxyl groups excluding tert-OH is 1. The maximum absolute atomic E-state index is 12.7. The number of carbonyl (C=O) groups is 1. The molecule has 12 heteroatoms. The summed E-state index contributed by atoms with van der Waals surface area (Å²) in [5, 5.41) is 10.9. The van der Waals surface area contributed by atoms with Crippen LogP contribution in [0.5, 0.6) is 0 Å². The number of benzene rings is 1.